The molecule has 0 spiro atoms. The van der Waals surface area contributed by atoms with E-state index in [0.29, 0.717) is 6.54 Å². The molecule has 0 saturated heterocycles. The van der Waals surface area contributed by atoms with Crippen molar-refractivity contribution in [2.45, 2.75) is 30.5 Å². The molecule has 0 atom stereocenters. The molecule has 0 aliphatic carbocycles. The van der Waals surface area contributed by atoms with Crippen LogP contribution in [-0.4, -0.2) is 0 Å². The Morgan fingerprint density at radius 3 is 2.33 bits per heavy atom. The average molecular weight is 257 g/mol. The van der Waals surface area contributed by atoms with Crippen molar-refractivity contribution < 1.29 is 0 Å². The predicted octanol–water partition coefficient (Wildman–Crippen LogP) is 4.00. The second kappa shape index (κ2) is 6.62. The normalized spacial score (nSPS) is 10.6. The van der Waals surface area contributed by atoms with E-state index in [1.165, 1.54) is 21.6 Å². The highest BCUT2D eigenvalue weighted by Crippen LogP contribution is 2.23. The predicted molar refractivity (Wildman–Crippen MR) is 79.7 cm³/mol. The Morgan fingerprint density at radius 2 is 1.67 bits per heavy atom. The van der Waals surface area contributed by atoms with Gasteiger partial charge in [0.25, 0.3) is 0 Å². The number of hydrogen-bond acceptors (Lipinski definition) is 2. The van der Waals surface area contributed by atoms with Crippen LogP contribution >= 0.6 is 11.8 Å². The lowest BCUT2D eigenvalue weighted by molar-refractivity contribution is 1.06. The summed E-state index contributed by atoms with van der Waals surface area (Å²) in [4.78, 5) is 1.29. The molecule has 18 heavy (non-hydrogen) atoms. The molecule has 0 saturated carbocycles. The van der Waals surface area contributed by atoms with Crippen LogP contribution in [0.2, 0.25) is 0 Å². The first-order chi connectivity index (χ1) is 8.81. The summed E-state index contributed by atoms with van der Waals surface area (Å²) in [5.41, 5.74) is 9.61. The Balaban J connectivity index is 1.97. The maximum atomic E-state index is 5.65. The highest BCUT2D eigenvalue weighted by Gasteiger charge is 1.98. The van der Waals surface area contributed by atoms with Gasteiger partial charge in [0, 0.05) is 17.2 Å². The molecule has 0 bridgehead atoms. The molecular formula is C16H19NS. The van der Waals surface area contributed by atoms with Gasteiger partial charge in [-0.1, -0.05) is 43.3 Å². The summed E-state index contributed by atoms with van der Waals surface area (Å²) in [5.74, 6) is 1.01. The second-order valence-electron chi connectivity index (χ2n) is 4.31. The van der Waals surface area contributed by atoms with E-state index in [-0.39, 0.29) is 0 Å². The molecule has 0 aromatic heterocycles. The van der Waals surface area contributed by atoms with Crippen molar-refractivity contribution in [3.63, 3.8) is 0 Å². The second-order valence-corrected chi connectivity index (χ2v) is 5.36. The van der Waals surface area contributed by atoms with Crippen molar-refractivity contribution in [2.24, 2.45) is 5.73 Å². The first-order valence-corrected chi connectivity index (χ1v) is 7.30. The molecule has 2 heteroatoms. The fourth-order valence-electron chi connectivity index (χ4n) is 1.80. The van der Waals surface area contributed by atoms with Crippen LogP contribution in [0.4, 0.5) is 0 Å². The lowest BCUT2D eigenvalue weighted by Crippen LogP contribution is -1.95. The third-order valence-electron chi connectivity index (χ3n) is 2.97. The fraction of sp³-hybridized carbons (Fsp3) is 0.250. The fourth-order valence-corrected chi connectivity index (χ4v) is 2.74. The van der Waals surface area contributed by atoms with Crippen molar-refractivity contribution in [3.05, 3.63) is 65.2 Å². The summed E-state index contributed by atoms with van der Waals surface area (Å²) in [6.07, 6.45) is 1.10. The molecule has 0 amide bonds. The van der Waals surface area contributed by atoms with E-state index in [0.717, 1.165) is 12.2 Å². The van der Waals surface area contributed by atoms with Gasteiger partial charge in [0.2, 0.25) is 0 Å². The molecule has 1 nitrogen and oxygen atoms in total. The summed E-state index contributed by atoms with van der Waals surface area (Å²) in [6.45, 7) is 2.79. The Hall–Kier alpha value is -1.25. The monoisotopic (exact) mass is 257 g/mol. The summed E-state index contributed by atoms with van der Waals surface area (Å²) < 4.78 is 0. The van der Waals surface area contributed by atoms with E-state index in [2.05, 4.69) is 55.5 Å². The largest absolute Gasteiger partial charge is 0.326 e. The summed E-state index contributed by atoms with van der Waals surface area (Å²) in [5, 5.41) is 0. The van der Waals surface area contributed by atoms with Crippen LogP contribution < -0.4 is 5.73 Å². The van der Waals surface area contributed by atoms with Gasteiger partial charge in [-0.25, -0.2) is 0 Å². The number of thioether (sulfide) groups is 1. The smallest absolute Gasteiger partial charge is 0.0231 e. The van der Waals surface area contributed by atoms with Crippen molar-refractivity contribution in [2.75, 3.05) is 0 Å². The molecular weight excluding hydrogens is 238 g/mol. The van der Waals surface area contributed by atoms with E-state index < -0.39 is 0 Å². The molecule has 2 aromatic rings. The van der Waals surface area contributed by atoms with Crippen LogP contribution in [0.5, 0.6) is 0 Å². The minimum absolute atomic E-state index is 0.611. The minimum atomic E-state index is 0.611. The number of nitrogens with two attached hydrogens (primary N) is 1. The van der Waals surface area contributed by atoms with Gasteiger partial charge in [-0.15, -0.1) is 11.8 Å². The molecule has 0 heterocycles. The number of aryl methyl sites for hydroxylation is 1. The van der Waals surface area contributed by atoms with E-state index >= 15 is 0 Å². The SMILES string of the molecule is CCc1ccc(CSc2cccc(CN)c2)cc1. The van der Waals surface area contributed by atoms with Crippen molar-refractivity contribution in [1.29, 1.82) is 0 Å². The van der Waals surface area contributed by atoms with Crippen LogP contribution in [0.25, 0.3) is 0 Å². The van der Waals surface area contributed by atoms with Crippen molar-refractivity contribution in [1.82, 2.24) is 0 Å². The standard InChI is InChI=1S/C16H19NS/c1-2-13-6-8-14(9-7-13)12-18-16-5-3-4-15(10-16)11-17/h3-10H,2,11-12,17H2,1H3. The van der Waals surface area contributed by atoms with Gasteiger partial charge in [-0.05, 0) is 35.2 Å². The van der Waals surface area contributed by atoms with Crippen LogP contribution in [0.1, 0.15) is 23.6 Å². The number of hydrogen-bond donors (Lipinski definition) is 1. The van der Waals surface area contributed by atoms with Crippen LogP contribution in [0.15, 0.2) is 53.4 Å². The molecule has 0 fully saturated rings. The zero-order chi connectivity index (χ0) is 12.8. The maximum Gasteiger partial charge on any atom is 0.0231 e. The molecule has 0 aliphatic rings. The molecule has 0 aliphatic heterocycles. The first kappa shape index (κ1) is 13.2. The number of rotatable bonds is 5. The molecule has 94 valence electrons. The quantitative estimate of drug-likeness (QED) is 0.819. The van der Waals surface area contributed by atoms with Gasteiger partial charge >= 0.3 is 0 Å². The molecule has 2 N–H and O–H groups in total. The molecule has 2 aromatic carbocycles. The first-order valence-electron chi connectivity index (χ1n) is 6.31. The van der Waals surface area contributed by atoms with Gasteiger partial charge in [0.1, 0.15) is 0 Å². The number of benzene rings is 2. The summed E-state index contributed by atoms with van der Waals surface area (Å²) in [7, 11) is 0. The lowest BCUT2D eigenvalue weighted by atomic mass is 10.1. The van der Waals surface area contributed by atoms with Crippen LogP contribution in [0.3, 0.4) is 0 Å². The van der Waals surface area contributed by atoms with Crippen molar-refractivity contribution >= 4 is 11.8 Å². The van der Waals surface area contributed by atoms with Crippen molar-refractivity contribution in [3.8, 4) is 0 Å². The van der Waals surface area contributed by atoms with Gasteiger partial charge in [0.15, 0.2) is 0 Å². The van der Waals surface area contributed by atoms with E-state index in [9.17, 15) is 0 Å². The lowest BCUT2D eigenvalue weighted by Gasteiger charge is -2.05. The minimum Gasteiger partial charge on any atom is -0.326 e. The van der Waals surface area contributed by atoms with Gasteiger partial charge < -0.3 is 5.73 Å². The Labute approximate surface area is 113 Å². The highest BCUT2D eigenvalue weighted by molar-refractivity contribution is 7.98. The Bertz CT molecular complexity index is 491. The van der Waals surface area contributed by atoms with Gasteiger partial charge in [-0.3, -0.25) is 0 Å². The highest BCUT2D eigenvalue weighted by atomic mass is 32.2. The van der Waals surface area contributed by atoms with Gasteiger partial charge in [-0.2, -0.15) is 0 Å². The topological polar surface area (TPSA) is 26.0 Å². The maximum absolute atomic E-state index is 5.65. The zero-order valence-corrected chi connectivity index (χ0v) is 11.5. The van der Waals surface area contributed by atoms with Crippen LogP contribution in [0, 0.1) is 0 Å². The zero-order valence-electron chi connectivity index (χ0n) is 10.7. The Morgan fingerprint density at radius 1 is 0.944 bits per heavy atom. The van der Waals surface area contributed by atoms with Crippen LogP contribution in [-0.2, 0) is 18.7 Å². The average Bonchev–Trinajstić information content (AvgIpc) is 2.46. The molecule has 0 unspecified atom stereocenters. The Kier molecular flexibility index (Phi) is 4.85. The third-order valence-corrected chi connectivity index (χ3v) is 4.04. The summed E-state index contributed by atoms with van der Waals surface area (Å²) >= 11 is 1.86. The molecule has 0 radical (unpaired) electrons. The van der Waals surface area contributed by atoms with E-state index in [1.807, 2.05) is 11.8 Å². The summed E-state index contributed by atoms with van der Waals surface area (Å²) in [6, 6.07) is 17.3. The van der Waals surface area contributed by atoms with E-state index in [4.69, 9.17) is 5.73 Å². The van der Waals surface area contributed by atoms with E-state index in [1.54, 1.807) is 0 Å². The van der Waals surface area contributed by atoms with Gasteiger partial charge in [0.05, 0.1) is 0 Å². The molecule has 2 rings (SSSR count). The third kappa shape index (κ3) is 3.62.